The van der Waals surface area contributed by atoms with Gasteiger partial charge in [-0.3, -0.25) is 19.8 Å². The topological polar surface area (TPSA) is 145 Å². The first kappa shape index (κ1) is 26.6. The number of nitrogens with one attached hydrogen (secondary N) is 3. The largest absolute Gasteiger partial charge is 0.483 e. The van der Waals surface area contributed by atoms with Crippen molar-refractivity contribution >= 4 is 40.6 Å². The number of amidine groups is 1. The molecule has 37 heavy (non-hydrogen) atoms. The minimum atomic E-state index is -1.03. The van der Waals surface area contributed by atoms with Gasteiger partial charge in [-0.1, -0.05) is 66.7 Å². The Labute approximate surface area is 214 Å². The van der Waals surface area contributed by atoms with Gasteiger partial charge in [-0.2, -0.15) is 0 Å². The van der Waals surface area contributed by atoms with Crippen LogP contribution in [0.1, 0.15) is 35.6 Å². The molecule has 0 aliphatic heterocycles. The molecule has 0 radical (unpaired) electrons. The van der Waals surface area contributed by atoms with Crippen molar-refractivity contribution in [2.75, 3.05) is 5.32 Å². The normalized spacial score (nSPS) is 11.8. The molecule has 6 N–H and O–H groups in total. The maximum atomic E-state index is 13.3. The van der Waals surface area contributed by atoms with E-state index in [0.29, 0.717) is 16.8 Å². The second-order valence-corrected chi connectivity index (χ2v) is 8.27. The second kappa shape index (κ2) is 12.6. The molecule has 2 atom stereocenters. The lowest BCUT2D eigenvalue weighted by Crippen LogP contribution is -2.37. The Bertz CT molecular complexity index is 1390. The van der Waals surface area contributed by atoms with Gasteiger partial charge in [0.2, 0.25) is 11.8 Å². The van der Waals surface area contributed by atoms with Gasteiger partial charge in [0.15, 0.2) is 0 Å². The van der Waals surface area contributed by atoms with E-state index in [1.807, 2.05) is 49.4 Å². The molecule has 0 unspecified atom stereocenters. The average molecular weight is 497 g/mol. The number of benzene rings is 4. The van der Waals surface area contributed by atoms with Gasteiger partial charge in [-0.15, -0.1) is 0 Å². The predicted molar refractivity (Wildman–Crippen MR) is 144 cm³/mol. The Kier molecular flexibility index (Phi) is 9.10. The first-order chi connectivity index (χ1) is 17.8. The standard InChI is InChI=1S/C28H26N4O2.CH2O2/c1-18(22-12-11-19-7-5-6-10-23(19)17-22)31-27(33)25(20-8-3-2-4-9-20)28(34)32-24-15-13-21(14-16-24)26(29)30;2-1-3/h2-18,25H,1H3,(H3,29,30)(H,31,33)(H,32,34);1H,(H,2,3)/t18-,25+;/m0./s1. The first-order valence-corrected chi connectivity index (χ1v) is 11.5. The summed E-state index contributed by atoms with van der Waals surface area (Å²) in [5.74, 6) is -1.91. The van der Waals surface area contributed by atoms with Crippen molar-refractivity contribution in [2.24, 2.45) is 5.73 Å². The maximum absolute atomic E-state index is 13.3. The van der Waals surface area contributed by atoms with Crippen LogP contribution in [0.25, 0.3) is 10.8 Å². The summed E-state index contributed by atoms with van der Waals surface area (Å²) in [7, 11) is 0. The van der Waals surface area contributed by atoms with Crippen molar-refractivity contribution < 1.29 is 19.5 Å². The fraction of sp³-hybridized carbons (Fsp3) is 0.103. The summed E-state index contributed by atoms with van der Waals surface area (Å²) in [5.41, 5.74) is 8.13. The third-order valence-electron chi connectivity index (χ3n) is 5.75. The number of carboxylic acid groups (broad SMARTS) is 1. The van der Waals surface area contributed by atoms with Crippen molar-refractivity contribution in [2.45, 2.75) is 18.9 Å². The number of carbonyl (C=O) groups excluding carboxylic acids is 2. The number of anilines is 1. The second-order valence-electron chi connectivity index (χ2n) is 8.27. The van der Waals surface area contributed by atoms with Crippen LogP contribution < -0.4 is 16.4 Å². The van der Waals surface area contributed by atoms with Crippen LogP contribution in [0.3, 0.4) is 0 Å². The quantitative estimate of drug-likeness (QED) is 0.111. The molecule has 0 heterocycles. The van der Waals surface area contributed by atoms with Gasteiger partial charge in [0.25, 0.3) is 6.47 Å². The summed E-state index contributed by atoms with van der Waals surface area (Å²) < 4.78 is 0. The molecule has 4 aromatic carbocycles. The van der Waals surface area contributed by atoms with E-state index < -0.39 is 11.8 Å². The number of carbonyl (C=O) groups is 3. The summed E-state index contributed by atoms with van der Waals surface area (Å²) in [5, 5.41) is 22.4. The van der Waals surface area contributed by atoms with E-state index in [1.54, 1.807) is 48.5 Å². The monoisotopic (exact) mass is 496 g/mol. The molecule has 8 nitrogen and oxygen atoms in total. The lowest BCUT2D eigenvalue weighted by atomic mass is 9.95. The highest BCUT2D eigenvalue weighted by Gasteiger charge is 2.29. The third kappa shape index (κ3) is 7.02. The lowest BCUT2D eigenvalue weighted by Gasteiger charge is -2.21. The van der Waals surface area contributed by atoms with Crippen LogP contribution in [-0.2, 0) is 14.4 Å². The van der Waals surface area contributed by atoms with E-state index in [9.17, 15) is 9.59 Å². The number of amides is 2. The summed E-state index contributed by atoms with van der Waals surface area (Å²) in [6.07, 6.45) is 0. The smallest absolute Gasteiger partial charge is 0.290 e. The predicted octanol–water partition coefficient (Wildman–Crippen LogP) is 4.42. The molecule has 0 saturated heterocycles. The highest BCUT2D eigenvalue weighted by Crippen LogP contribution is 2.23. The van der Waals surface area contributed by atoms with E-state index in [2.05, 4.69) is 16.7 Å². The number of fused-ring (bicyclic) bond motifs is 1. The van der Waals surface area contributed by atoms with Crippen LogP contribution in [0.2, 0.25) is 0 Å². The van der Waals surface area contributed by atoms with Crippen molar-refractivity contribution in [3.8, 4) is 0 Å². The van der Waals surface area contributed by atoms with Crippen LogP contribution in [0, 0.1) is 5.41 Å². The van der Waals surface area contributed by atoms with E-state index in [0.717, 1.165) is 16.3 Å². The molecule has 0 spiro atoms. The van der Waals surface area contributed by atoms with Gasteiger partial charge in [0.05, 0.1) is 6.04 Å². The molecular weight excluding hydrogens is 468 g/mol. The summed E-state index contributed by atoms with van der Waals surface area (Å²) in [6.45, 7) is 1.66. The first-order valence-electron chi connectivity index (χ1n) is 11.5. The van der Waals surface area contributed by atoms with E-state index >= 15 is 0 Å². The molecule has 0 bridgehead atoms. The minimum Gasteiger partial charge on any atom is -0.483 e. The van der Waals surface area contributed by atoms with Crippen LogP contribution in [0.5, 0.6) is 0 Å². The van der Waals surface area contributed by atoms with E-state index in [-0.39, 0.29) is 24.3 Å². The van der Waals surface area contributed by atoms with Crippen molar-refractivity contribution in [1.82, 2.24) is 5.32 Å². The Hall–Kier alpha value is -4.98. The molecular formula is C29H28N4O4. The van der Waals surface area contributed by atoms with Gasteiger partial charge in [0, 0.05) is 11.3 Å². The summed E-state index contributed by atoms with van der Waals surface area (Å²) >= 11 is 0. The fourth-order valence-electron chi connectivity index (χ4n) is 3.87. The molecule has 0 saturated carbocycles. The molecule has 2 amide bonds. The number of hydrogen-bond acceptors (Lipinski definition) is 4. The number of nitrogens with two attached hydrogens (primary N) is 1. The van der Waals surface area contributed by atoms with Crippen LogP contribution in [0.4, 0.5) is 5.69 Å². The molecule has 0 aliphatic carbocycles. The molecule has 0 aromatic heterocycles. The van der Waals surface area contributed by atoms with Crippen LogP contribution in [-0.4, -0.2) is 29.2 Å². The zero-order chi connectivity index (χ0) is 26.8. The highest BCUT2D eigenvalue weighted by molar-refractivity contribution is 6.11. The molecule has 8 heteroatoms. The number of nitrogen functional groups attached to an aromatic ring is 1. The Morgan fingerprint density at radius 3 is 2.05 bits per heavy atom. The van der Waals surface area contributed by atoms with Gasteiger partial charge in [-0.05, 0) is 59.2 Å². The average Bonchev–Trinajstić information content (AvgIpc) is 2.90. The van der Waals surface area contributed by atoms with Gasteiger partial charge in [0.1, 0.15) is 11.8 Å². The lowest BCUT2D eigenvalue weighted by molar-refractivity contribution is -0.129. The minimum absolute atomic E-state index is 0.0536. The van der Waals surface area contributed by atoms with Crippen molar-refractivity contribution in [3.05, 3.63) is 114 Å². The Balaban J connectivity index is 0.00000121. The molecule has 0 fully saturated rings. The Morgan fingerprint density at radius 1 is 0.838 bits per heavy atom. The van der Waals surface area contributed by atoms with E-state index in [4.69, 9.17) is 21.0 Å². The van der Waals surface area contributed by atoms with Crippen molar-refractivity contribution in [1.29, 1.82) is 5.41 Å². The number of rotatable bonds is 7. The van der Waals surface area contributed by atoms with E-state index in [1.165, 1.54) is 0 Å². The van der Waals surface area contributed by atoms with Gasteiger partial charge >= 0.3 is 0 Å². The molecule has 4 aromatic rings. The van der Waals surface area contributed by atoms with Crippen LogP contribution >= 0.6 is 0 Å². The van der Waals surface area contributed by atoms with Gasteiger partial charge in [-0.25, -0.2) is 0 Å². The zero-order valence-corrected chi connectivity index (χ0v) is 20.2. The summed E-state index contributed by atoms with van der Waals surface area (Å²) in [4.78, 5) is 34.9. The summed E-state index contributed by atoms with van der Waals surface area (Å²) in [6, 6.07) is 29.4. The molecule has 0 aliphatic rings. The SMILES string of the molecule is C[C@H](NC(=O)[C@H](C(=O)Nc1ccc(C(=N)N)cc1)c1ccccc1)c1ccc2ccccc2c1.O=CO. The molecule has 4 rings (SSSR count). The third-order valence-corrected chi connectivity index (χ3v) is 5.75. The zero-order valence-electron chi connectivity index (χ0n) is 20.2. The Morgan fingerprint density at radius 2 is 1.43 bits per heavy atom. The van der Waals surface area contributed by atoms with Crippen LogP contribution in [0.15, 0.2) is 97.1 Å². The highest BCUT2D eigenvalue weighted by atomic mass is 16.3. The van der Waals surface area contributed by atoms with Gasteiger partial charge < -0.3 is 21.5 Å². The van der Waals surface area contributed by atoms with Crippen molar-refractivity contribution in [3.63, 3.8) is 0 Å². The number of hydrogen-bond donors (Lipinski definition) is 5. The fourth-order valence-corrected chi connectivity index (χ4v) is 3.87. The molecule has 188 valence electrons. The maximum Gasteiger partial charge on any atom is 0.290 e.